The zero-order chi connectivity index (χ0) is 18.1. The standard InChI is InChI=1S/C20H25NO4/c1-24-18-8-3-6-16(12-18)14-21(11-5-10-20(22)23)15-17-7-4-9-19(13-17)25-2/h3-4,6-9,12-13H,5,10-11,14-15H2,1-2H3,(H,22,23). The molecule has 0 amide bonds. The first kappa shape index (κ1) is 18.8. The summed E-state index contributed by atoms with van der Waals surface area (Å²) in [5, 5.41) is 8.89. The molecule has 0 heterocycles. The summed E-state index contributed by atoms with van der Waals surface area (Å²) in [7, 11) is 3.31. The van der Waals surface area contributed by atoms with Gasteiger partial charge in [0.1, 0.15) is 11.5 Å². The Morgan fingerprint density at radius 3 is 1.92 bits per heavy atom. The molecule has 0 aliphatic heterocycles. The number of hydrogen-bond acceptors (Lipinski definition) is 4. The number of carboxylic acid groups (broad SMARTS) is 1. The van der Waals surface area contributed by atoms with E-state index in [-0.39, 0.29) is 6.42 Å². The second-order valence-corrected chi connectivity index (χ2v) is 5.91. The van der Waals surface area contributed by atoms with Crippen LogP contribution in [0.5, 0.6) is 11.5 Å². The van der Waals surface area contributed by atoms with Gasteiger partial charge in [-0.15, -0.1) is 0 Å². The first-order valence-electron chi connectivity index (χ1n) is 8.30. The number of benzene rings is 2. The molecule has 25 heavy (non-hydrogen) atoms. The predicted octanol–water partition coefficient (Wildman–Crippen LogP) is 3.57. The zero-order valence-corrected chi connectivity index (χ0v) is 14.8. The van der Waals surface area contributed by atoms with Gasteiger partial charge in [0.05, 0.1) is 14.2 Å². The molecule has 0 fully saturated rings. The highest BCUT2D eigenvalue weighted by molar-refractivity contribution is 5.66. The predicted molar refractivity (Wildman–Crippen MR) is 97.0 cm³/mol. The van der Waals surface area contributed by atoms with Crippen LogP contribution in [0.25, 0.3) is 0 Å². The Bertz CT molecular complexity index is 637. The fourth-order valence-corrected chi connectivity index (χ4v) is 2.73. The van der Waals surface area contributed by atoms with E-state index in [9.17, 15) is 4.79 Å². The van der Waals surface area contributed by atoms with E-state index >= 15 is 0 Å². The molecule has 0 aliphatic carbocycles. The van der Waals surface area contributed by atoms with Crippen LogP contribution >= 0.6 is 0 Å². The fraction of sp³-hybridized carbons (Fsp3) is 0.350. The second-order valence-electron chi connectivity index (χ2n) is 5.91. The number of methoxy groups -OCH3 is 2. The summed E-state index contributed by atoms with van der Waals surface area (Å²) in [6.07, 6.45) is 0.788. The summed E-state index contributed by atoms with van der Waals surface area (Å²) in [5.41, 5.74) is 2.27. The largest absolute Gasteiger partial charge is 0.497 e. The molecule has 0 radical (unpaired) electrons. The molecule has 2 aromatic carbocycles. The third-order valence-electron chi connectivity index (χ3n) is 3.95. The molecule has 0 aliphatic rings. The summed E-state index contributed by atoms with van der Waals surface area (Å²) in [6, 6.07) is 15.9. The van der Waals surface area contributed by atoms with Crippen molar-refractivity contribution < 1.29 is 19.4 Å². The summed E-state index contributed by atoms with van der Waals surface area (Å²) >= 11 is 0. The van der Waals surface area contributed by atoms with Gasteiger partial charge >= 0.3 is 5.97 Å². The third kappa shape index (κ3) is 6.47. The van der Waals surface area contributed by atoms with Gasteiger partial charge in [0.15, 0.2) is 0 Å². The normalized spacial score (nSPS) is 10.7. The maximum atomic E-state index is 10.8. The van der Waals surface area contributed by atoms with E-state index in [2.05, 4.69) is 17.0 Å². The lowest BCUT2D eigenvalue weighted by Crippen LogP contribution is -2.24. The molecule has 0 unspecified atom stereocenters. The summed E-state index contributed by atoms with van der Waals surface area (Å²) in [4.78, 5) is 13.1. The second kappa shape index (κ2) is 9.69. The highest BCUT2D eigenvalue weighted by Crippen LogP contribution is 2.18. The molecule has 2 rings (SSSR count). The number of carbonyl (C=O) groups is 1. The lowest BCUT2D eigenvalue weighted by molar-refractivity contribution is -0.137. The van der Waals surface area contributed by atoms with Crippen molar-refractivity contribution in [3.05, 3.63) is 59.7 Å². The molecular weight excluding hydrogens is 318 g/mol. The van der Waals surface area contributed by atoms with Crippen molar-refractivity contribution in [3.63, 3.8) is 0 Å². The molecule has 134 valence electrons. The van der Waals surface area contributed by atoms with Gasteiger partial charge in [-0.25, -0.2) is 0 Å². The topological polar surface area (TPSA) is 59.0 Å². The first-order valence-corrected chi connectivity index (χ1v) is 8.30. The average molecular weight is 343 g/mol. The van der Waals surface area contributed by atoms with Crippen molar-refractivity contribution in [1.82, 2.24) is 4.90 Å². The Labute approximate surface area is 148 Å². The molecule has 0 atom stereocenters. The summed E-state index contributed by atoms with van der Waals surface area (Å²) in [6.45, 7) is 2.17. The lowest BCUT2D eigenvalue weighted by atomic mass is 10.1. The minimum atomic E-state index is -0.761. The number of nitrogens with zero attached hydrogens (tertiary/aromatic N) is 1. The van der Waals surface area contributed by atoms with Crippen LogP contribution < -0.4 is 9.47 Å². The lowest BCUT2D eigenvalue weighted by Gasteiger charge is -2.23. The Balaban J connectivity index is 2.09. The highest BCUT2D eigenvalue weighted by atomic mass is 16.5. The van der Waals surface area contributed by atoms with Crippen molar-refractivity contribution in [2.24, 2.45) is 0 Å². The Kier molecular flexibility index (Phi) is 7.29. The number of aliphatic carboxylic acids is 1. The van der Waals surface area contributed by atoms with Crippen LogP contribution in [0.1, 0.15) is 24.0 Å². The quantitative estimate of drug-likeness (QED) is 0.715. The van der Waals surface area contributed by atoms with E-state index in [0.29, 0.717) is 13.0 Å². The number of hydrogen-bond donors (Lipinski definition) is 1. The minimum Gasteiger partial charge on any atom is -0.497 e. The zero-order valence-electron chi connectivity index (χ0n) is 14.8. The molecule has 0 spiro atoms. The molecule has 0 bridgehead atoms. The van der Waals surface area contributed by atoms with Crippen molar-refractivity contribution in [2.45, 2.75) is 25.9 Å². The monoisotopic (exact) mass is 343 g/mol. The maximum Gasteiger partial charge on any atom is 0.303 e. The highest BCUT2D eigenvalue weighted by Gasteiger charge is 2.10. The molecule has 0 saturated heterocycles. The van der Waals surface area contributed by atoms with Gasteiger partial charge in [-0.3, -0.25) is 9.69 Å². The molecular formula is C20H25NO4. The van der Waals surface area contributed by atoms with Gasteiger partial charge in [0.25, 0.3) is 0 Å². The van der Waals surface area contributed by atoms with Gasteiger partial charge in [-0.1, -0.05) is 24.3 Å². The van der Waals surface area contributed by atoms with E-state index in [1.165, 1.54) is 0 Å². The molecule has 0 aromatic heterocycles. The van der Waals surface area contributed by atoms with E-state index in [1.54, 1.807) is 14.2 Å². The van der Waals surface area contributed by atoms with Crippen LogP contribution in [0.15, 0.2) is 48.5 Å². The van der Waals surface area contributed by atoms with E-state index in [4.69, 9.17) is 14.6 Å². The minimum absolute atomic E-state index is 0.173. The van der Waals surface area contributed by atoms with E-state index in [1.807, 2.05) is 36.4 Å². The molecule has 1 N–H and O–H groups in total. The van der Waals surface area contributed by atoms with E-state index in [0.717, 1.165) is 35.7 Å². The Morgan fingerprint density at radius 1 is 0.960 bits per heavy atom. The van der Waals surface area contributed by atoms with Gasteiger partial charge in [-0.05, 0) is 48.4 Å². The number of rotatable bonds is 10. The SMILES string of the molecule is COc1cccc(CN(CCCC(=O)O)Cc2cccc(OC)c2)c1. The summed E-state index contributed by atoms with van der Waals surface area (Å²) < 4.78 is 10.6. The van der Waals surface area contributed by atoms with Gasteiger partial charge in [0.2, 0.25) is 0 Å². The first-order chi connectivity index (χ1) is 12.1. The number of carboxylic acids is 1. The van der Waals surface area contributed by atoms with Crippen molar-refractivity contribution in [2.75, 3.05) is 20.8 Å². The van der Waals surface area contributed by atoms with Gasteiger partial charge in [0, 0.05) is 19.5 Å². The van der Waals surface area contributed by atoms with Crippen LogP contribution in [0.4, 0.5) is 0 Å². The van der Waals surface area contributed by atoms with Crippen molar-refractivity contribution in [1.29, 1.82) is 0 Å². The summed E-state index contributed by atoms with van der Waals surface area (Å²) in [5.74, 6) is 0.886. The Morgan fingerprint density at radius 2 is 1.48 bits per heavy atom. The van der Waals surface area contributed by atoms with Crippen LogP contribution in [0, 0.1) is 0 Å². The van der Waals surface area contributed by atoms with Crippen LogP contribution in [0.3, 0.4) is 0 Å². The van der Waals surface area contributed by atoms with Crippen molar-refractivity contribution in [3.8, 4) is 11.5 Å². The van der Waals surface area contributed by atoms with Gasteiger partial charge in [-0.2, -0.15) is 0 Å². The molecule has 5 nitrogen and oxygen atoms in total. The molecule has 5 heteroatoms. The van der Waals surface area contributed by atoms with Crippen LogP contribution in [0.2, 0.25) is 0 Å². The smallest absolute Gasteiger partial charge is 0.303 e. The van der Waals surface area contributed by atoms with Gasteiger partial charge < -0.3 is 14.6 Å². The molecule has 2 aromatic rings. The molecule has 0 saturated carbocycles. The van der Waals surface area contributed by atoms with Crippen LogP contribution in [-0.4, -0.2) is 36.7 Å². The Hall–Kier alpha value is -2.53. The van der Waals surface area contributed by atoms with E-state index < -0.39 is 5.97 Å². The maximum absolute atomic E-state index is 10.8. The third-order valence-corrected chi connectivity index (χ3v) is 3.95. The fourth-order valence-electron chi connectivity index (χ4n) is 2.73. The van der Waals surface area contributed by atoms with Crippen LogP contribution in [-0.2, 0) is 17.9 Å². The number of ether oxygens (including phenoxy) is 2. The van der Waals surface area contributed by atoms with Crippen molar-refractivity contribution >= 4 is 5.97 Å². The average Bonchev–Trinajstić information content (AvgIpc) is 2.61.